The second-order valence-electron chi connectivity index (χ2n) is 7.88. The summed E-state index contributed by atoms with van der Waals surface area (Å²) in [7, 11) is -3.72. The molecule has 9 heteroatoms. The molecule has 34 heavy (non-hydrogen) atoms. The standard InChI is InChI=1S/C25H24FN3O2S2.BrH/c1-17-3-6-20(15-18(17)2)24-16-32-25(28-22-9-7-21(26)8-10-22)29(24)14-13-19-4-11-23(12-5-19)33(27,30)31;/h3-12,15-16H,13-14H2,1-2H3,(H2,27,30,31);1H. The van der Waals surface area contributed by atoms with Gasteiger partial charge in [0.1, 0.15) is 5.82 Å². The number of aromatic nitrogens is 1. The van der Waals surface area contributed by atoms with Crippen LogP contribution in [0.1, 0.15) is 16.7 Å². The zero-order chi connectivity index (χ0) is 23.6. The summed E-state index contributed by atoms with van der Waals surface area (Å²) in [6, 6.07) is 19.1. The molecule has 0 amide bonds. The number of primary sulfonamides is 1. The summed E-state index contributed by atoms with van der Waals surface area (Å²) in [5.41, 5.74) is 6.24. The van der Waals surface area contributed by atoms with Gasteiger partial charge < -0.3 is 4.57 Å². The second-order valence-corrected chi connectivity index (χ2v) is 10.3. The predicted octanol–water partition coefficient (Wildman–Crippen LogP) is 5.67. The van der Waals surface area contributed by atoms with Crippen molar-refractivity contribution in [2.45, 2.75) is 31.7 Å². The Morgan fingerprint density at radius 3 is 2.26 bits per heavy atom. The molecule has 178 valence electrons. The minimum absolute atomic E-state index is 0. The van der Waals surface area contributed by atoms with Crippen LogP contribution in [-0.2, 0) is 23.0 Å². The van der Waals surface area contributed by atoms with Crippen LogP contribution in [0.15, 0.2) is 82.0 Å². The third kappa shape index (κ3) is 6.09. The highest BCUT2D eigenvalue weighted by Crippen LogP contribution is 2.24. The summed E-state index contributed by atoms with van der Waals surface area (Å²) in [6.07, 6.45) is 0.677. The van der Waals surface area contributed by atoms with Crippen molar-refractivity contribution in [1.82, 2.24) is 4.57 Å². The highest BCUT2D eigenvalue weighted by atomic mass is 79.9. The lowest BCUT2D eigenvalue weighted by Gasteiger charge is -2.11. The Hall–Kier alpha value is -2.59. The number of halogens is 2. The van der Waals surface area contributed by atoms with Crippen molar-refractivity contribution in [3.8, 4) is 11.3 Å². The fourth-order valence-electron chi connectivity index (χ4n) is 3.48. The molecule has 3 aromatic carbocycles. The van der Waals surface area contributed by atoms with Crippen molar-refractivity contribution in [3.05, 3.63) is 99.4 Å². The summed E-state index contributed by atoms with van der Waals surface area (Å²) in [5, 5.41) is 7.28. The van der Waals surface area contributed by atoms with Gasteiger partial charge in [0.05, 0.1) is 16.3 Å². The normalized spacial score (nSPS) is 11.9. The first-order chi connectivity index (χ1) is 15.7. The van der Waals surface area contributed by atoms with Crippen molar-refractivity contribution in [2.75, 3.05) is 0 Å². The fraction of sp³-hybridized carbons (Fsp3) is 0.160. The molecule has 0 aliphatic heterocycles. The lowest BCUT2D eigenvalue weighted by atomic mass is 10.0. The second kappa shape index (κ2) is 10.8. The van der Waals surface area contributed by atoms with Crippen LogP contribution in [0.3, 0.4) is 0 Å². The number of thiazole rings is 1. The monoisotopic (exact) mass is 561 g/mol. The van der Waals surface area contributed by atoms with Crippen LogP contribution in [0.4, 0.5) is 10.1 Å². The Bertz CT molecular complexity index is 1460. The first-order valence-corrected chi connectivity index (χ1v) is 12.8. The molecule has 4 aromatic rings. The summed E-state index contributed by atoms with van der Waals surface area (Å²) >= 11 is 1.53. The SMILES string of the molecule is Br.Cc1ccc(-c2csc(=Nc3ccc(F)cc3)n2CCc2ccc(S(N)(=O)=O)cc2)cc1C. The van der Waals surface area contributed by atoms with E-state index in [4.69, 9.17) is 10.1 Å². The zero-order valence-electron chi connectivity index (χ0n) is 18.7. The molecule has 0 saturated carbocycles. The Morgan fingerprint density at radius 1 is 0.971 bits per heavy atom. The number of nitrogens with two attached hydrogens (primary N) is 1. The van der Waals surface area contributed by atoms with Crippen molar-refractivity contribution >= 4 is 44.0 Å². The van der Waals surface area contributed by atoms with E-state index in [1.54, 1.807) is 24.3 Å². The first-order valence-electron chi connectivity index (χ1n) is 10.4. The van der Waals surface area contributed by atoms with Gasteiger partial charge in [0, 0.05) is 11.9 Å². The Kier molecular flexibility index (Phi) is 8.25. The van der Waals surface area contributed by atoms with Gasteiger partial charge in [-0.2, -0.15) is 0 Å². The third-order valence-corrected chi connectivity index (χ3v) is 7.32. The summed E-state index contributed by atoms with van der Waals surface area (Å²) in [5.74, 6) is -0.299. The lowest BCUT2D eigenvalue weighted by molar-refractivity contribution is 0.597. The number of sulfonamides is 1. The van der Waals surface area contributed by atoms with Gasteiger partial charge in [-0.3, -0.25) is 0 Å². The molecular weight excluding hydrogens is 537 g/mol. The van der Waals surface area contributed by atoms with Gasteiger partial charge >= 0.3 is 0 Å². The van der Waals surface area contributed by atoms with Crippen molar-refractivity contribution in [1.29, 1.82) is 0 Å². The van der Waals surface area contributed by atoms with Crippen LogP contribution in [0.2, 0.25) is 0 Å². The van der Waals surface area contributed by atoms with Crippen LogP contribution in [-0.4, -0.2) is 13.0 Å². The zero-order valence-corrected chi connectivity index (χ0v) is 22.1. The van der Waals surface area contributed by atoms with E-state index < -0.39 is 10.0 Å². The van der Waals surface area contributed by atoms with E-state index in [2.05, 4.69) is 42.0 Å². The molecule has 0 fully saturated rings. The van der Waals surface area contributed by atoms with Crippen LogP contribution < -0.4 is 9.94 Å². The molecule has 0 aliphatic carbocycles. The molecule has 0 radical (unpaired) electrons. The van der Waals surface area contributed by atoms with Gasteiger partial charge in [0.2, 0.25) is 10.0 Å². The Balaban J connectivity index is 0.00000324. The van der Waals surface area contributed by atoms with Crippen molar-refractivity contribution in [3.63, 3.8) is 0 Å². The molecule has 0 bridgehead atoms. The summed E-state index contributed by atoms with van der Waals surface area (Å²) in [6.45, 7) is 4.81. The average Bonchev–Trinajstić information content (AvgIpc) is 3.18. The maximum absolute atomic E-state index is 13.3. The van der Waals surface area contributed by atoms with E-state index in [1.807, 2.05) is 0 Å². The van der Waals surface area contributed by atoms with Crippen LogP contribution in [0.5, 0.6) is 0 Å². The molecule has 4 rings (SSSR count). The van der Waals surface area contributed by atoms with Gasteiger partial charge in [-0.25, -0.2) is 22.9 Å². The number of aryl methyl sites for hydroxylation is 3. The van der Waals surface area contributed by atoms with Gasteiger partial charge in [-0.15, -0.1) is 28.3 Å². The number of rotatable bonds is 6. The van der Waals surface area contributed by atoms with E-state index in [1.165, 1.54) is 46.7 Å². The van der Waals surface area contributed by atoms with Crippen LogP contribution >= 0.6 is 28.3 Å². The van der Waals surface area contributed by atoms with Crippen LogP contribution in [0, 0.1) is 19.7 Å². The fourth-order valence-corrected chi connectivity index (χ4v) is 4.95. The van der Waals surface area contributed by atoms with Crippen molar-refractivity contribution in [2.24, 2.45) is 10.1 Å². The van der Waals surface area contributed by atoms with E-state index >= 15 is 0 Å². The van der Waals surface area contributed by atoms with Gasteiger partial charge in [-0.1, -0.05) is 24.3 Å². The minimum atomic E-state index is -3.72. The van der Waals surface area contributed by atoms with Gasteiger partial charge in [0.15, 0.2) is 4.80 Å². The molecule has 2 N–H and O–H groups in total. The third-order valence-electron chi connectivity index (χ3n) is 5.53. The largest absolute Gasteiger partial charge is 0.316 e. The number of benzene rings is 3. The molecule has 0 atom stereocenters. The van der Waals surface area contributed by atoms with Gasteiger partial charge in [0.25, 0.3) is 0 Å². The van der Waals surface area contributed by atoms with E-state index in [-0.39, 0.29) is 27.7 Å². The predicted molar refractivity (Wildman–Crippen MR) is 141 cm³/mol. The maximum atomic E-state index is 13.3. The maximum Gasteiger partial charge on any atom is 0.238 e. The highest BCUT2D eigenvalue weighted by molar-refractivity contribution is 8.93. The lowest BCUT2D eigenvalue weighted by Crippen LogP contribution is -2.17. The molecular formula is C25H25BrFN3O2S2. The van der Waals surface area contributed by atoms with Crippen LogP contribution in [0.25, 0.3) is 11.3 Å². The van der Waals surface area contributed by atoms with E-state index in [0.717, 1.165) is 21.6 Å². The molecule has 5 nitrogen and oxygen atoms in total. The minimum Gasteiger partial charge on any atom is -0.316 e. The molecule has 0 saturated heterocycles. The average molecular weight is 563 g/mol. The Morgan fingerprint density at radius 2 is 1.65 bits per heavy atom. The number of hydrogen-bond donors (Lipinski definition) is 1. The molecule has 0 spiro atoms. The summed E-state index contributed by atoms with van der Waals surface area (Å²) < 4.78 is 38.5. The molecule has 0 unspecified atom stereocenters. The number of hydrogen-bond acceptors (Lipinski definition) is 4. The highest BCUT2D eigenvalue weighted by Gasteiger charge is 2.11. The molecule has 1 aromatic heterocycles. The van der Waals surface area contributed by atoms with Gasteiger partial charge in [-0.05, 0) is 85.0 Å². The summed E-state index contributed by atoms with van der Waals surface area (Å²) in [4.78, 5) is 5.64. The molecule has 1 heterocycles. The van der Waals surface area contributed by atoms with E-state index in [0.29, 0.717) is 18.7 Å². The Labute approximate surface area is 213 Å². The quantitative estimate of drug-likeness (QED) is 0.329. The number of nitrogens with zero attached hydrogens (tertiary/aromatic N) is 2. The van der Waals surface area contributed by atoms with E-state index in [9.17, 15) is 12.8 Å². The first kappa shape index (κ1) is 26.0. The van der Waals surface area contributed by atoms with Crippen molar-refractivity contribution < 1.29 is 12.8 Å². The topological polar surface area (TPSA) is 77.5 Å². The molecule has 0 aliphatic rings. The smallest absolute Gasteiger partial charge is 0.238 e.